The summed E-state index contributed by atoms with van der Waals surface area (Å²) in [5, 5.41) is 9.18. The molecular formula is C42H31ClF8N10O4S. The van der Waals surface area contributed by atoms with Crippen molar-refractivity contribution in [1.29, 1.82) is 0 Å². The highest BCUT2D eigenvalue weighted by molar-refractivity contribution is 7.93. The summed E-state index contributed by atoms with van der Waals surface area (Å²) < 4.78 is 149. The van der Waals surface area contributed by atoms with Gasteiger partial charge in [-0.25, -0.2) is 49.7 Å². The molecule has 3 aliphatic rings. The lowest BCUT2D eigenvalue weighted by Crippen LogP contribution is -2.38. The molecular weight excluding hydrogens is 928 g/mol. The van der Waals surface area contributed by atoms with Gasteiger partial charge in [0.15, 0.2) is 11.6 Å². The van der Waals surface area contributed by atoms with Crippen LogP contribution in [0.3, 0.4) is 0 Å². The maximum atomic E-state index is 15.6. The number of nitrogens with zero attached hydrogens (tertiary/aromatic N) is 8. The Bertz CT molecular complexity index is 3290. The Morgan fingerprint density at radius 2 is 1.68 bits per heavy atom. The minimum Gasteiger partial charge on any atom is -0.344 e. The number of halogens is 9. The van der Waals surface area contributed by atoms with Crippen molar-refractivity contribution < 1.29 is 48.3 Å². The monoisotopic (exact) mass is 958 g/mol. The van der Waals surface area contributed by atoms with Crippen LogP contribution in [0.4, 0.5) is 40.9 Å². The van der Waals surface area contributed by atoms with Gasteiger partial charge in [0.2, 0.25) is 15.9 Å². The van der Waals surface area contributed by atoms with Gasteiger partial charge in [0.05, 0.1) is 43.8 Å². The minimum absolute atomic E-state index is 0.0464. The molecule has 2 fully saturated rings. The molecule has 0 radical (unpaired) electrons. The molecule has 24 heteroatoms. The summed E-state index contributed by atoms with van der Waals surface area (Å²) in [6.07, 6.45) is -3.42. The molecule has 0 bridgehead atoms. The van der Waals surface area contributed by atoms with Crippen LogP contribution in [-0.2, 0) is 40.3 Å². The van der Waals surface area contributed by atoms with Crippen LogP contribution in [0, 0.1) is 17.6 Å². The standard InChI is InChI=1S/C42H31ClF8N10O4S/c43-26-6-7-29(35-33(26)39(57-59(35)16-30(46)47)58-66(64,65)22-3-4-22)61-40(55-27-13-19(2-5-23(27)41(61)63)38-52-8-1-9-53-38)28(12-18-10-20(44)14-21(45)11-18)54-31(62)17-60-36-32(34(56-60)37(48)49)24-15-25(24)42(36,50)51/h1-2,5-11,13-14,22,24-25,28,30,37H,3-4,12,15-17H2,(H,54,62)(H,57,58)/t24-,25+,28-/m0/s1. The lowest BCUT2D eigenvalue weighted by atomic mass is 10.0. The molecule has 2 N–H and O–H groups in total. The summed E-state index contributed by atoms with van der Waals surface area (Å²) in [7, 11) is -4.09. The quantitative estimate of drug-likeness (QED) is 0.104. The van der Waals surface area contributed by atoms with Crippen LogP contribution < -0.4 is 15.6 Å². The highest BCUT2D eigenvalue weighted by Crippen LogP contribution is 2.68. The van der Waals surface area contributed by atoms with Gasteiger partial charge in [-0.1, -0.05) is 17.7 Å². The van der Waals surface area contributed by atoms with Gasteiger partial charge < -0.3 is 5.32 Å². The number of carbonyl (C=O) groups excluding carboxylic acids is 1. The second kappa shape index (κ2) is 15.8. The number of anilines is 1. The topological polar surface area (TPSA) is 172 Å². The van der Waals surface area contributed by atoms with Crippen LogP contribution >= 0.6 is 11.6 Å². The first-order chi connectivity index (χ1) is 31.4. The minimum atomic E-state index is -4.09. The Hall–Kier alpha value is -6.49. The van der Waals surface area contributed by atoms with E-state index in [4.69, 9.17) is 16.6 Å². The van der Waals surface area contributed by atoms with Crippen molar-refractivity contribution in [2.45, 2.75) is 74.8 Å². The molecule has 14 nitrogen and oxygen atoms in total. The van der Waals surface area contributed by atoms with E-state index in [9.17, 15) is 39.6 Å². The van der Waals surface area contributed by atoms with Gasteiger partial charge in [0.25, 0.3) is 24.3 Å². The maximum Gasteiger partial charge on any atom is 0.293 e. The molecule has 1 amide bonds. The maximum absolute atomic E-state index is 15.6. The molecule has 7 aromatic rings. The average Bonchev–Trinajstić information content (AvgIpc) is 4.18. The number of benzene rings is 3. The second-order valence-corrected chi connectivity index (χ2v) is 18.6. The van der Waals surface area contributed by atoms with Crippen LogP contribution in [-0.4, -0.2) is 65.1 Å². The summed E-state index contributed by atoms with van der Waals surface area (Å²) in [5.41, 5.74) is -3.42. The van der Waals surface area contributed by atoms with Crippen molar-refractivity contribution in [2.24, 2.45) is 5.92 Å². The molecule has 3 atom stereocenters. The number of sulfonamides is 1. The first-order valence-electron chi connectivity index (χ1n) is 20.2. The van der Waals surface area contributed by atoms with Crippen molar-refractivity contribution in [3.05, 3.63) is 122 Å². The Labute approximate surface area is 371 Å². The molecule has 0 aliphatic heterocycles. The normalized spacial score (nSPS) is 18.0. The number of amides is 1. The van der Waals surface area contributed by atoms with Crippen molar-refractivity contribution in [1.82, 2.24) is 44.4 Å². The molecule has 10 rings (SSSR count). The van der Waals surface area contributed by atoms with Gasteiger partial charge in [-0.2, -0.15) is 19.0 Å². The number of hydrogen-bond donors (Lipinski definition) is 2. The zero-order valence-electron chi connectivity index (χ0n) is 33.6. The molecule has 342 valence electrons. The molecule has 0 spiro atoms. The Kier molecular flexibility index (Phi) is 10.4. The Morgan fingerprint density at radius 3 is 2.36 bits per heavy atom. The van der Waals surface area contributed by atoms with Crippen molar-refractivity contribution >= 4 is 55.2 Å². The molecule has 4 aromatic heterocycles. The lowest BCUT2D eigenvalue weighted by molar-refractivity contribution is -0.123. The van der Waals surface area contributed by atoms with E-state index in [1.807, 2.05) is 0 Å². The predicted molar refractivity (Wildman–Crippen MR) is 221 cm³/mol. The third-order valence-electron chi connectivity index (χ3n) is 11.8. The molecule has 0 saturated heterocycles. The van der Waals surface area contributed by atoms with Crippen LogP contribution in [0.25, 0.3) is 38.9 Å². The van der Waals surface area contributed by atoms with E-state index in [2.05, 4.69) is 30.2 Å². The Morgan fingerprint density at radius 1 is 0.955 bits per heavy atom. The van der Waals surface area contributed by atoms with Gasteiger partial charge in [-0.05, 0) is 73.2 Å². The third kappa shape index (κ3) is 7.59. The first kappa shape index (κ1) is 43.4. The molecule has 66 heavy (non-hydrogen) atoms. The fourth-order valence-electron chi connectivity index (χ4n) is 8.76. The zero-order valence-corrected chi connectivity index (χ0v) is 35.2. The number of nitrogens with one attached hydrogen (secondary N) is 2. The fraction of sp³-hybridized carbons (Fsp3) is 0.310. The first-order valence-corrected chi connectivity index (χ1v) is 22.2. The summed E-state index contributed by atoms with van der Waals surface area (Å²) in [4.78, 5) is 42.6. The Balaban J connectivity index is 1.19. The summed E-state index contributed by atoms with van der Waals surface area (Å²) >= 11 is 6.66. The van der Waals surface area contributed by atoms with Crippen LogP contribution in [0.2, 0.25) is 5.02 Å². The largest absolute Gasteiger partial charge is 0.344 e. The fourth-order valence-corrected chi connectivity index (χ4v) is 10.3. The predicted octanol–water partition coefficient (Wildman–Crippen LogP) is 7.74. The van der Waals surface area contributed by atoms with Crippen molar-refractivity contribution in [3.63, 3.8) is 0 Å². The third-order valence-corrected chi connectivity index (χ3v) is 13.9. The molecule has 2 saturated carbocycles. The smallest absolute Gasteiger partial charge is 0.293 e. The summed E-state index contributed by atoms with van der Waals surface area (Å²) in [5.74, 6) is -9.65. The van der Waals surface area contributed by atoms with Gasteiger partial charge in [0.1, 0.15) is 41.9 Å². The second-order valence-electron chi connectivity index (χ2n) is 16.3. The number of rotatable bonds is 14. The van der Waals surface area contributed by atoms with Crippen molar-refractivity contribution in [3.8, 4) is 17.1 Å². The highest BCUT2D eigenvalue weighted by Gasteiger charge is 2.67. The SMILES string of the molecule is O=C(Cn1nc(C(F)F)c2c1C(F)(F)[C@@H]1C[C@H]21)N[C@@H](Cc1cc(F)cc(F)c1)c1nc2cc(-c3ncccn3)ccc2c(=O)n1-c1ccc(Cl)c2c(NS(=O)(=O)C3CC3)nn(CC(F)F)c12. The average molecular weight is 959 g/mol. The molecule has 3 aromatic carbocycles. The number of carbonyl (C=O) groups is 1. The summed E-state index contributed by atoms with van der Waals surface area (Å²) in [6.45, 7) is -2.22. The lowest BCUT2D eigenvalue weighted by Gasteiger charge is -2.24. The molecule has 3 aliphatic carbocycles. The van der Waals surface area contributed by atoms with Crippen LogP contribution in [0.15, 0.2) is 71.8 Å². The van der Waals surface area contributed by atoms with E-state index >= 15 is 13.6 Å². The number of alkyl halides is 6. The van der Waals surface area contributed by atoms with E-state index in [0.717, 1.165) is 21.4 Å². The number of aromatic nitrogens is 8. The van der Waals surface area contributed by atoms with Crippen LogP contribution in [0.5, 0.6) is 0 Å². The summed E-state index contributed by atoms with van der Waals surface area (Å²) in [6, 6.07) is 9.04. The highest BCUT2D eigenvalue weighted by atomic mass is 35.5. The van der Waals surface area contributed by atoms with E-state index in [-0.39, 0.29) is 55.9 Å². The number of hydrogen-bond acceptors (Lipinski definition) is 9. The van der Waals surface area contributed by atoms with E-state index in [0.29, 0.717) is 29.2 Å². The van der Waals surface area contributed by atoms with Crippen molar-refractivity contribution in [2.75, 3.05) is 4.72 Å². The van der Waals surface area contributed by atoms with Crippen LogP contribution in [0.1, 0.15) is 66.0 Å². The van der Waals surface area contributed by atoms with E-state index < -0.39 is 118 Å². The van der Waals surface area contributed by atoms with Gasteiger partial charge in [0, 0.05) is 41.9 Å². The molecule has 4 heterocycles. The van der Waals surface area contributed by atoms with E-state index in [1.54, 1.807) is 6.07 Å². The van der Waals surface area contributed by atoms with Gasteiger partial charge >= 0.3 is 0 Å². The molecule has 0 unspecified atom stereocenters. The number of fused-ring (bicyclic) bond motifs is 5. The van der Waals surface area contributed by atoms with E-state index in [1.165, 1.54) is 42.7 Å². The zero-order chi connectivity index (χ0) is 46.6. The van der Waals surface area contributed by atoms with Gasteiger partial charge in [-0.15, -0.1) is 0 Å². The van der Waals surface area contributed by atoms with Gasteiger partial charge in [-0.3, -0.25) is 28.2 Å².